The molecule has 5 heteroatoms. The van der Waals surface area contributed by atoms with Crippen LogP contribution in [0.15, 0.2) is 12.2 Å². The summed E-state index contributed by atoms with van der Waals surface area (Å²) < 4.78 is 9.79. The van der Waals surface area contributed by atoms with Crippen LogP contribution in [0.3, 0.4) is 0 Å². The second-order valence-corrected chi connectivity index (χ2v) is 5.89. The third kappa shape index (κ3) is 5.69. The van der Waals surface area contributed by atoms with E-state index in [2.05, 4.69) is 11.3 Å². The van der Waals surface area contributed by atoms with E-state index in [0.717, 1.165) is 32.1 Å². The minimum absolute atomic E-state index is 0.157. The van der Waals surface area contributed by atoms with Gasteiger partial charge in [-0.15, -0.1) is 0 Å². The summed E-state index contributed by atoms with van der Waals surface area (Å²) >= 11 is 0. The second kappa shape index (κ2) is 7.96. The number of esters is 2. The standard InChI is InChI=1S/C16H24O5/c1-12(2)15(19)21-11-16(7-5-4-6-8-16)10-13(17)9-14(18)20-3/h1,4-11H2,2-3H3. The van der Waals surface area contributed by atoms with Crippen molar-refractivity contribution in [1.82, 2.24) is 0 Å². The van der Waals surface area contributed by atoms with Gasteiger partial charge in [0.2, 0.25) is 0 Å². The SMILES string of the molecule is C=C(C)C(=O)OCC1(CC(=O)CC(=O)OC)CCCCC1. The summed E-state index contributed by atoms with van der Waals surface area (Å²) in [4.78, 5) is 34.7. The molecule has 0 saturated heterocycles. The number of methoxy groups -OCH3 is 1. The smallest absolute Gasteiger partial charge is 0.333 e. The van der Waals surface area contributed by atoms with Crippen molar-refractivity contribution in [3.63, 3.8) is 0 Å². The molecule has 21 heavy (non-hydrogen) atoms. The van der Waals surface area contributed by atoms with Crippen molar-refractivity contribution in [2.75, 3.05) is 13.7 Å². The van der Waals surface area contributed by atoms with E-state index < -0.39 is 11.9 Å². The minimum Gasteiger partial charge on any atom is -0.469 e. The number of hydrogen-bond acceptors (Lipinski definition) is 5. The van der Waals surface area contributed by atoms with E-state index in [0.29, 0.717) is 5.57 Å². The number of hydrogen-bond donors (Lipinski definition) is 0. The van der Waals surface area contributed by atoms with Gasteiger partial charge in [-0.1, -0.05) is 25.8 Å². The molecule has 1 saturated carbocycles. The van der Waals surface area contributed by atoms with Crippen molar-refractivity contribution in [2.24, 2.45) is 5.41 Å². The second-order valence-electron chi connectivity index (χ2n) is 5.89. The summed E-state index contributed by atoms with van der Waals surface area (Å²) in [5.41, 5.74) is 0.0101. The maximum Gasteiger partial charge on any atom is 0.333 e. The van der Waals surface area contributed by atoms with Gasteiger partial charge in [0.15, 0.2) is 0 Å². The molecule has 1 rings (SSSR count). The van der Waals surface area contributed by atoms with Crippen LogP contribution in [0.1, 0.15) is 51.9 Å². The molecule has 0 aliphatic heterocycles. The van der Waals surface area contributed by atoms with Gasteiger partial charge in [0.05, 0.1) is 13.7 Å². The summed E-state index contributed by atoms with van der Waals surface area (Å²) in [6.45, 7) is 5.36. The molecule has 0 aromatic carbocycles. The van der Waals surface area contributed by atoms with Gasteiger partial charge in [-0.05, 0) is 19.8 Å². The molecule has 0 heterocycles. The first kappa shape index (κ1) is 17.4. The molecule has 0 aromatic heterocycles. The lowest BCUT2D eigenvalue weighted by atomic mass is 9.71. The highest BCUT2D eigenvalue weighted by molar-refractivity contribution is 5.95. The lowest BCUT2D eigenvalue weighted by Gasteiger charge is -2.36. The molecule has 0 N–H and O–H groups in total. The van der Waals surface area contributed by atoms with E-state index in [9.17, 15) is 14.4 Å². The summed E-state index contributed by atoms with van der Waals surface area (Å²) in [6.07, 6.45) is 4.86. The molecule has 1 aliphatic rings. The Bertz CT molecular complexity index is 418. The third-order valence-electron chi connectivity index (χ3n) is 3.91. The Morgan fingerprint density at radius 3 is 2.29 bits per heavy atom. The zero-order valence-electron chi connectivity index (χ0n) is 12.9. The highest BCUT2D eigenvalue weighted by Gasteiger charge is 2.36. The Balaban J connectivity index is 2.65. The van der Waals surface area contributed by atoms with Crippen LogP contribution in [0.5, 0.6) is 0 Å². The molecule has 0 spiro atoms. The van der Waals surface area contributed by atoms with Gasteiger partial charge in [0.25, 0.3) is 0 Å². The largest absolute Gasteiger partial charge is 0.469 e. The van der Waals surface area contributed by atoms with Crippen LogP contribution in [-0.2, 0) is 23.9 Å². The molecular weight excluding hydrogens is 272 g/mol. The van der Waals surface area contributed by atoms with Crippen molar-refractivity contribution >= 4 is 17.7 Å². The third-order valence-corrected chi connectivity index (χ3v) is 3.91. The van der Waals surface area contributed by atoms with Crippen LogP contribution in [0.2, 0.25) is 0 Å². The van der Waals surface area contributed by atoms with Gasteiger partial charge in [-0.3, -0.25) is 9.59 Å². The molecule has 118 valence electrons. The minimum atomic E-state index is -0.523. The van der Waals surface area contributed by atoms with Crippen molar-refractivity contribution in [1.29, 1.82) is 0 Å². The summed E-state index contributed by atoms with van der Waals surface area (Å²) in [5.74, 6) is -1.11. The quantitative estimate of drug-likeness (QED) is 0.410. The van der Waals surface area contributed by atoms with Gasteiger partial charge < -0.3 is 9.47 Å². The number of rotatable bonds is 7. The van der Waals surface area contributed by atoms with Gasteiger partial charge >= 0.3 is 11.9 Å². The van der Waals surface area contributed by atoms with Crippen molar-refractivity contribution < 1.29 is 23.9 Å². The van der Waals surface area contributed by atoms with Crippen LogP contribution in [-0.4, -0.2) is 31.4 Å². The molecule has 1 fully saturated rings. The van der Waals surface area contributed by atoms with Gasteiger partial charge in [-0.2, -0.15) is 0 Å². The van der Waals surface area contributed by atoms with Crippen LogP contribution in [0.25, 0.3) is 0 Å². The van der Waals surface area contributed by atoms with Gasteiger partial charge in [-0.25, -0.2) is 4.79 Å². The first-order chi connectivity index (χ1) is 9.88. The molecule has 0 unspecified atom stereocenters. The zero-order chi connectivity index (χ0) is 15.9. The molecule has 1 aliphatic carbocycles. The Kier molecular flexibility index (Phi) is 6.59. The molecule has 0 amide bonds. The van der Waals surface area contributed by atoms with Gasteiger partial charge in [0.1, 0.15) is 12.2 Å². The first-order valence-corrected chi connectivity index (χ1v) is 7.30. The predicted molar refractivity (Wildman–Crippen MR) is 77.5 cm³/mol. The van der Waals surface area contributed by atoms with E-state index in [1.165, 1.54) is 7.11 Å². The van der Waals surface area contributed by atoms with Crippen LogP contribution >= 0.6 is 0 Å². The lowest BCUT2D eigenvalue weighted by Crippen LogP contribution is -2.34. The van der Waals surface area contributed by atoms with E-state index in [4.69, 9.17) is 4.74 Å². The highest BCUT2D eigenvalue weighted by atomic mass is 16.5. The van der Waals surface area contributed by atoms with Crippen LogP contribution in [0.4, 0.5) is 0 Å². The average Bonchev–Trinajstić information content (AvgIpc) is 2.45. The molecule has 0 bridgehead atoms. The maximum atomic E-state index is 12.0. The Morgan fingerprint density at radius 1 is 1.14 bits per heavy atom. The number of Topliss-reactive ketones (excluding diaryl/α,β-unsaturated/α-hetero) is 1. The fourth-order valence-electron chi connectivity index (χ4n) is 2.73. The normalized spacial score (nSPS) is 16.9. The summed E-state index contributed by atoms with van der Waals surface area (Å²) in [5, 5.41) is 0. The Hall–Kier alpha value is -1.65. The lowest BCUT2D eigenvalue weighted by molar-refractivity contribution is -0.148. The first-order valence-electron chi connectivity index (χ1n) is 7.30. The summed E-state index contributed by atoms with van der Waals surface area (Å²) in [6, 6.07) is 0. The monoisotopic (exact) mass is 296 g/mol. The molecule has 0 atom stereocenters. The van der Waals surface area contributed by atoms with Crippen molar-refractivity contribution in [3.8, 4) is 0 Å². The predicted octanol–water partition coefficient (Wildman–Crippen LogP) is 2.58. The average molecular weight is 296 g/mol. The fraction of sp³-hybridized carbons (Fsp3) is 0.688. The maximum absolute atomic E-state index is 12.0. The Morgan fingerprint density at radius 2 is 1.76 bits per heavy atom. The van der Waals surface area contributed by atoms with Gasteiger partial charge in [0, 0.05) is 17.4 Å². The van der Waals surface area contributed by atoms with Crippen LogP contribution in [0, 0.1) is 5.41 Å². The van der Waals surface area contributed by atoms with E-state index in [1.807, 2.05) is 0 Å². The number of carbonyl (C=O) groups is 3. The van der Waals surface area contributed by atoms with Crippen molar-refractivity contribution in [3.05, 3.63) is 12.2 Å². The van der Waals surface area contributed by atoms with E-state index >= 15 is 0 Å². The molecule has 5 nitrogen and oxygen atoms in total. The molecular formula is C16H24O5. The number of ether oxygens (including phenoxy) is 2. The van der Waals surface area contributed by atoms with E-state index in [1.54, 1.807) is 6.92 Å². The summed E-state index contributed by atoms with van der Waals surface area (Å²) in [7, 11) is 1.26. The number of ketones is 1. The zero-order valence-corrected chi connectivity index (χ0v) is 12.9. The fourth-order valence-corrected chi connectivity index (χ4v) is 2.73. The molecule has 0 aromatic rings. The Labute approximate surface area is 125 Å². The van der Waals surface area contributed by atoms with E-state index in [-0.39, 0.29) is 30.6 Å². The molecule has 0 radical (unpaired) electrons. The van der Waals surface area contributed by atoms with Crippen LogP contribution < -0.4 is 0 Å². The number of carbonyl (C=O) groups excluding carboxylic acids is 3. The highest BCUT2D eigenvalue weighted by Crippen LogP contribution is 2.40. The van der Waals surface area contributed by atoms with Crippen molar-refractivity contribution in [2.45, 2.75) is 51.9 Å². The topological polar surface area (TPSA) is 69.7 Å².